The normalized spacial score (nSPS) is 15.4. The van der Waals surface area contributed by atoms with Crippen LogP contribution in [0.3, 0.4) is 0 Å². The average Bonchev–Trinajstić information content (AvgIpc) is 3.20. The molecule has 6 rings (SSSR count). The lowest BCUT2D eigenvalue weighted by molar-refractivity contribution is 0.700. The van der Waals surface area contributed by atoms with Crippen molar-refractivity contribution in [1.82, 2.24) is 9.55 Å². The highest BCUT2D eigenvalue weighted by Crippen LogP contribution is 2.41. The van der Waals surface area contributed by atoms with Crippen molar-refractivity contribution < 1.29 is 0 Å². The number of benzene rings is 2. The monoisotopic (exact) mass is 344 g/mol. The van der Waals surface area contributed by atoms with Crippen LogP contribution in [0.15, 0.2) is 41.2 Å². The molecule has 2 aromatic heterocycles. The topological polar surface area (TPSA) is 34.9 Å². The lowest BCUT2D eigenvalue weighted by Crippen LogP contribution is -2.13. The van der Waals surface area contributed by atoms with E-state index >= 15 is 0 Å². The summed E-state index contributed by atoms with van der Waals surface area (Å²) in [4.78, 5) is 20.0. The van der Waals surface area contributed by atoms with E-state index in [9.17, 15) is 4.79 Å². The zero-order chi connectivity index (χ0) is 16.5. The molecular formula is C21H16N2OS. The lowest BCUT2D eigenvalue weighted by atomic mass is 9.97. The van der Waals surface area contributed by atoms with Gasteiger partial charge < -0.3 is 4.57 Å². The predicted octanol–water partition coefficient (Wildman–Crippen LogP) is 4.52. The smallest absolute Gasteiger partial charge is 0.282 e. The average molecular weight is 344 g/mol. The maximum Gasteiger partial charge on any atom is 0.282 e. The van der Waals surface area contributed by atoms with Gasteiger partial charge in [-0.25, -0.2) is 0 Å². The molecule has 0 N–H and O–H groups in total. The highest BCUT2D eigenvalue weighted by molar-refractivity contribution is 7.18. The first-order valence-corrected chi connectivity index (χ1v) is 9.69. The molecular weight excluding hydrogens is 328 g/mol. The van der Waals surface area contributed by atoms with Crippen LogP contribution in [0.5, 0.6) is 0 Å². The van der Waals surface area contributed by atoms with Crippen molar-refractivity contribution in [2.24, 2.45) is 0 Å². The molecule has 1 aliphatic carbocycles. The van der Waals surface area contributed by atoms with Gasteiger partial charge in [-0.15, -0.1) is 11.3 Å². The van der Waals surface area contributed by atoms with Gasteiger partial charge in [-0.05, 0) is 47.6 Å². The summed E-state index contributed by atoms with van der Waals surface area (Å²) in [5.74, 6) is 0.850. The van der Waals surface area contributed by atoms with Gasteiger partial charge in [0.15, 0.2) is 0 Å². The molecule has 2 aliphatic rings. The lowest BCUT2D eigenvalue weighted by Gasteiger charge is -2.09. The van der Waals surface area contributed by atoms with Gasteiger partial charge >= 0.3 is 0 Å². The van der Waals surface area contributed by atoms with Gasteiger partial charge in [0.05, 0.1) is 11.9 Å². The third-order valence-corrected chi connectivity index (χ3v) is 6.96. The molecule has 4 aromatic rings. The van der Waals surface area contributed by atoms with Gasteiger partial charge in [0.25, 0.3) is 5.56 Å². The SMILES string of the molecule is O=c1nc2n(c3sc4c(c13)CCCC4)Cc1ccc3ccccc3c1-2. The van der Waals surface area contributed by atoms with E-state index in [-0.39, 0.29) is 5.56 Å². The van der Waals surface area contributed by atoms with E-state index in [0.29, 0.717) is 0 Å². The second kappa shape index (κ2) is 4.79. The molecule has 3 heterocycles. The van der Waals surface area contributed by atoms with E-state index in [4.69, 9.17) is 0 Å². The highest BCUT2D eigenvalue weighted by atomic mass is 32.1. The molecule has 0 bridgehead atoms. The number of hydrogen-bond donors (Lipinski definition) is 0. The summed E-state index contributed by atoms with van der Waals surface area (Å²) < 4.78 is 2.27. The summed E-state index contributed by atoms with van der Waals surface area (Å²) in [6.45, 7) is 0.818. The van der Waals surface area contributed by atoms with E-state index in [0.717, 1.165) is 41.0 Å². The van der Waals surface area contributed by atoms with Crippen molar-refractivity contribution in [2.45, 2.75) is 32.2 Å². The first-order chi connectivity index (χ1) is 12.3. The highest BCUT2D eigenvalue weighted by Gasteiger charge is 2.28. The van der Waals surface area contributed by atoms with Crippen LogP contribution in [0, 0.1) is 0 Å². The molecule has 0 saturated carbocycles. The van der Waals surface area contributed by atoms with Gasteiger partial charge in [-0.3, -0.25) is 4.79 Å². The summed E-state index contributed by atoms with van der Waals surface area (Å²) in [5, 5.41) is 3.29. The van der Waals surface area contributed by atoms with Crippen molar-refractivity contribution in [1.29, 1.82) is 0 Å². The Morgan fingerprint density at radius 3 is 2.88 bits per heavy atom. The Labute approximate surface area is 148 Å². The minimum Gasteiger partial charge on any atom is -0.312 e. The second-order valence-electron chi connectivity index (χ2n) is 7.04. The quantitative estimate of drug-likeness (QED) is 0.414. The molecule has 122 valence electrons. The molecule has 1 aliphatic heterocycles. The summed E-state index contributed by atoms with van der Waals surface area (Å²) in [6.07, 6.45) is 4.56. The van der Waals surface area contributed by atoms with Crippen LogP contribution < -0.4 is 5.56 Å². The minimum atomic E-state index is -0.0403. The van der Waals surface area contributed by atoms with Gasteiger partial charge in [0.1, 0.15) is 10.7 Å². The van der Waals surface area contributed by atoms with Crippen LogP contribution in [0.1, 0.15) is 28.8 Å². The maximum atomic E-state index is 12.9. The zero-order valence-corrected chi connectivity index (χ0v) is 14.5. The summed E-state index contributed by atoms with van der Waals surface area (Å²) in [7, 11) is 0. The fraction of sp³-hybridized carbons (Fsp3) is 0.238. The molecule has 0 spiro atoms. The first kappa shape index (κ1) is 13.8. The Balaban J connectivity index is 1.74. The van der Waals surface area contributed by atoms with E-state index in [1.165, 1.54) is 39.6 Å². The number of aryl methyl sites for hydroxylation is 2. The van der Waals surface area contributed by atoms with Crippen molar-refractivity contribution in [3.8, 4) is 11.4 Å². The largest absolute Gasteiger partial charge is 0.312 e. The number of hydrogen-bond acceptors (Lipinski definition) is 3. The van der Waals surface area contributed by atoms with Crippen LogP contribution in [0.2, 0.25) is 0 Å². The number of rotatable bonds is 0. The fourth-order valence-electron chi connectivity index (χ4n) is 4.49. The van der Waals surface area contributed by atoms with Crippen LogP contribution in [-0.2, 0) is 19.4 Å². The Kier molecular flexibility index (Phi) is 2.64. The summed E-state index contributed by atoms with van der Waals surface area (Å²) in [6, 6.07) is 12.7. The van der Waals surface area contributed by atoms with Crippen LogP contribution in [0.4, 0.5) is 0 Å². The van der Waals surface area contributed by atoms with Crippen LogP contribution >= 0.6 is 11.3 Å². The third kappa shape index (κ3) is 1.75. The van der Waals surface area contributed by atoms with E-state index < -0.39 is 0 Å². The molecule has 0 fully saturated rings. The summed E-state index contributed by atoms with van der Waals surface area (Å²) >= 11 is 1.82. The maximum absolute atomic E-state index is 12.9. The van der Waals surface area contributed by atoms with Crippen molar-refractivity contribution in [2.75, 3.05) is 0 Å². The molecule has 0 atom stereocenters. The minimum absolute atomic E-state index is 0.0403. The summed E-state index contributed by atoms with van der Waals surface area (Å²) in [5.41, 5.74) is 3.65. The Morgan fingerprint density at radius 2 is 1.92 bits per heavy atom. The molecule has 3 nitrogen and oxygen atoms in total. The third-order valence-electron chi connectivity index (χ3n) is 5.64. The molecule has 0 unspecified atom stereocenters. The van der Waals surface area contributed by atoms with E-state index in [2.05, 4.69) is 45.9 Å². The van der Waals surface area contributed by atoms with Crippen molar-refractivity contribution in [3.05, 3.63) is 62.8 Å². The number of fused-ring (bicyclic) bond motifs is 9. The van der Waals surface area contributed by atoms with Gasteiger partial charge in [-0.2, -0.15) is 4.98 Å². The zero-order valence-electron chi connectivity index (χ0n) is 13.7. The molecule has 0 saturated heterocycles. The molecule has 0 radical (unpaired) electrons. The standard InChI is InChI=1S/C21H16N2OS/c24-20-18-15-7-3-4-8-16(15)25-21(18)23-11-13-10-9-12-5-1-2-6-14(12)17(13)19(23)22-20/h1-2,5-6,9-10H,3-4,7-8,11H2. The number of aromatic nitrogens is 2. The Bertz CT molecular complexity index is 1250. The number of nitrogens with zero attached hydrogens (tertiary/aromatic N) is 2. The van der Waals surface area contributed by atoms with Crippen LogP contribution in [-0.4, -0.2) is 9.55 Å². The van der Waals surface area contributed by atoms with Gasteiger partial charge in [-0.1, -0.05) is 36.4 Å². The molecule has 0 amide bonds. The second-order valence-corrected chi connectivity index (χ2v) is 8.12. The first-order valence-electron chi connectivity index (χ1n) is 8.87. The molecule has 2 aromatic carbocycles. The van der Waals surface area contributed by atoms with E-state index in [1.54, 1.807) is 0 Å². The van der Waals surface area contributed by atoms with E-state index in [1.807, 2.05) is 11.3 Å². The van der Waals surface area contributed by atoms with Crippen LogP contribution in [0.25, 0.3) is 32.4 Å². The van der Waals surface area contributed by atoms with Crippen molar-refractivity contribution in [3.63, 3.8) is 0 Å². The predicted molar refractivity (Wildman–Crippen MR) is 103 cm³/mol. The number of thiophene rings is 1. The molecule has 4 heteroatoms. The van der Waals surface area contributed by atoms with Gasteiger partial charge in [0, 0.05) is 10.4 Å². The van der Waals surface area contributed by atoms with Crippen molar-refractivity contribution >= 4 is 32.3 Å². The Hall–Kier alpha value is -2.46. The molecule has 25 heavy (non-hydrogen) atoms. The van der Waals surface area contributed by atoms with Gasteiger partial charge in [0.2, 0.25) is 0 Å². The fourth-order valence-corrected chi connectivity index (χ4v) is 5.87. The Morgan fingerprint density at radius 1 is 1.04 bits per heavy atom.